The lowest BCUT2D eigenvalue weighted by atomic mass is 10.1. The van der Waals surface area contributed by atoms with E-state index in [9.17, 15) is 22.8 Å². The van der Waals surface area contributed by atoms with Gasteiger partial charge in [0.2, 0.25) is 11.8 Å². The molecule has 0 spiro atoms. The lowest BCUT2D eigenvalue weighted by Gasteiger charge is -2.32. The Kier molecular flexibility index (Phi) is 7.92. The van der Waals surface area contributed by atoms with Crippen molar-refractivity contribution in [1.29, 1.82) is 0 Å². The number of sulfonamides is 1. The number of amides is 3. The van der Waals surface area contributed by atoms with Crippen LogP contribution >= 0.6 is 23.2 Å². The van der Waals surface area contributed by atoms with Crippen LogP contribution in [0.15, 0.2) is 47.4 Å². The molecule has 1 aliphatic carbocycles. The van der Waals surface area contributed by atoms with Crippen LogP contribution in [0.2, 0.25) is 10.0 Å². The summed E-state index contributed by atoms with van der Waals surface area (Å²) >= 11 is 12.4. The Morgan fingerprint density at radius 2 is 1.83 bits per heavy atom. The number of carbonyl (C=O) groups is 3. The van der Waals surface area contributed by atoms with Crippen molar-refractivity contribution in [2.45, 2.75) is 62.6 Å². The fraction of sp³-hybridized carbons (Fsp3) is 0.400. The summed E-state index contributed by atoms with van der Waals surface area (Å²) in [5.74, 6) is -1.77. The molecule has 1 aliphatic heterocycles. The first-order valence-corrected chi connectivity index (χ1v) is 14.0. The lowest BCUT2D eigenvalue weighted by Crippen LogP contribution is -2.53. The second kappa shape index (κ2) is 10.8. The summed E-state index contributed by atoms with van der Waals surface area (Å²) in [6.45, 7) is 0.991. The number of nitrogens with one attached hydrogen (secondary N) is 1. The average molecular weight is 552 g/mol. The van der Waals surface area contributed by atoms with Crippen LogP contribution in [0.3, 0.4) is 0 Å². The van der Waals surface area contributed by atoms with Crippen molar-refractivity contribution >= 4 is 50.9 Å². The Morgan fingerprint density at radius 3 is 2.47 bits per heavy atom. The first-order chi connectivity index (χ1) is 17.1. The second-order valence-corrected chi connectivity index (χ2v) is 11.7. The van der Waals surface area contributed by atoms with Crippen LogP contribution in [-0.2, 0) is 26.2 Å². The Balaban J connectivity index is 1.63. The molecule has 1 heterocycles. The van der Waals surface area contributed by atoms with Gasteiger partial charge in [-0.15, -0.1) is 0 Å². The van der Waals surface area contributed by atoms with Crippen molar-refractivity contribution in [3.05, 3.63) is 63.6 Å². The highest BCUT2D eigenvalue weighted by Crippen LogP contribution is 2.30. The topological polar surface area (TPSA) is 104 Å². The second-order valence-electron chi connectivity index (χ2n) is 8.98. The molecule has 1 saturated carbocycles. The molecule has 192 valence electrons. The van der Waals surface area contributed by atoms with Crippen LogP contribution in [0.5, 0.6) is 0 Å². The monoisotopic (exact) mass is 551 g/mol. The number of fused-ring (bicyclic) bond motifs is 1. The van der Waals surface area contributed by atoms with Gasteiger partial charge in [-0.05, 0) is 49.1 Å². The van der Waals surface area contributed by atoms with Gasteiger partial charge in [0.25, 0.3) is 15.9 Å². The molecule has 4 rings (SSSR count). The van der Waals surface area contributed by atoms with Crippen LogP contribution in [0.4, 0.5) is 0 Å². The van der Waals surface area contributed by atoms with Crippen molar-refractivity contribution in [3.8, 4) is 0 Å². The van der Waals surface area contributed by atoms with Gasteiger partial charge in [-0.3, -0.25) is 14.4 Å². The SMILES string of the molecule is CCC(C(=O)NC1CCCC1)N(Cc1ccc(Cl)cc1Cl)C(=O)CN1C(=O)c2ccccc2S1(=O)=O. The molecule has 1 fully saturated rings. The number of benzene rings is 2. The van der Waals surface area contributed by atoms with Crippen LogP contribution in [0.25, 0.3) is 0 Å². The molecule has 3 amide bonds. The zero-order valence-corrected chi connectivity index (χ0v) is 22.1. The predicted molar refractivity (Wildman–Crippen MR) is 136 cm³/mol. The van der Waals surface area contributed by atoms with Gasteiger partial charge < -0.3 is 10.2 Å². The summed E-state index contributed by atoms with van der Waals surface area (Å²) in [7, 11) is -4.19. The van der Waals surface area contributed by atoms with E-state index in [1.165, 1.54) is 29.2 Å². The van der Waals surface area contributed by atoms with Gasteiger partial charge in [0, 0.05) is 22.6 Å². The van der Waals surface area contributed by atoms with Gasteiger partial charge in [0.15, 0.2) is 0 Å². The molecule has 1 unspecified atom stereocenters. The average Bonchev–Trinajstić information content (AvgIpc) is 3.41. The summed E-state index contributed by atoms with van der Waals surface area (Å²) in [5, 5.41) is 3.75. The number of carbonyl (C=O) groups excluding carboxylic acids is 3. The van der Waals surface area contributed by atoms with E-state index in [1.54, 1.807) is 25.1 Å². The van der Waals surface area contributed by atoms with Gasteiger partial charge >= 0.3 is 0 Å². The number of hydrogen-bond donors (Lipinski definition) is 1. The maximum absolute atomic E-state index is 13.6. The van der Waals surface area contributed by atoms with Crippen LogP contribution in [0, 0.1) is 0 Å². The summed E-state index contributed by atoms with van der Waals surface area (Å²) in [4.78, 5) is 40.9. The van der Waals surface area contributed by atoms with E-state index in [0.717, 1.165) is 25.7 Å². The molecule has 2 aromatic carbocycles. The molecule has 2 aliphatic rings. The van der Waals surface area contributed by atoms with Gasteiger partial charge in [-0.1, -0.05) is 61.2 Å². The molecule has 1 atom stereocenters. The zero-order chi connectivity index (χ0) is 26.0. The number of rotatable bonds is 8. The standard InChI is InChI=1S/C25H27Cl2N3O5S/c1-2-21(24(32)28-18-7-3-4-8-18)29(14-16-11-12-17(26)13-20(16)27)23(31)15-30-25(33)19-9-5-6-10-22(19)36(30,34)35/h5-6,9-13,18,21H,2-4,7-8,14-15H2,1H3,(H,28,32). The van der Waals surface area contributed by atoms with Crippen LogP contribution in [0.1, 0.15) is 54.9 Å². The molecule has 1 N–H and O–H groups in total. The molecule has 0 bridgehead atoms. The van der Waals surface area contributed by atoms with Gasteiger partial charge in [0.1, 0.15) is 17.5 Å². The van der Waals surface area contributed by atoms with E-state index >= 15 is 0 Å². The smallest absolute Gasteiger partial charge is 0.269 e. The number of hydrogen-bond acceptors (Lipinski definition) is 5. The highest BCUT2D eigenvalue weighted by molar-refractivity contribution is 7.90. The summed E-state index contributed by atoms with van der Waals surface area (Å²) in [5.41, 5.74) is 0.559. The Morgan fingerprint density at radius 1 is 1.14 bits per heavy atom. The zero-order valence-electron chi connectivity index (χ0n) is 19.7. The molecule has 36 heavy (non-hydrogen) atoms. The van der Waals surface area contributed by atoms with Crippen LogP contribution < -0.4 is 5.32 Å². The van der Waals surface area contributed by atoms with Gasteiger partial charge in [0.05, 0.1) is 5.56 Å². The summed E-state index contributed by atoms with van der Waals surface area (Å²) in [6.07, 6.45) is 4.09. The fourth-order valence-electron chi connectivity index (χ4n) is 4.72. The first kappa shape index (κ1) is 26.4. The van der Waals surface area contributed by atoms with E-state index in [-0.39, 0.29) is 35.4 Å². The minimum atomic E-state index is -4.19. The molecule has 8 nitrogen and oxygen atoms in total. The third-order valence-electron chi connectivity index (χ3n) is 6.63. The maximum Gasteiger partial charge on any atom is 0.269 e. The minimum Gasteiger partial charge on any atom is -0.352 e. The van der Waals surface area contributed by atoms with E-state index in [1.807, 2.05) is 0 Å². The van der Waals surface area contributed by atoms with Crippen molar-refractivity contribution in [1.82, 2.24) is 14.5 Å². The Labute approximate surface area is 220 Å². The Bertz CT molecular complexity index is 1290. The number of halogens is 2. The maximum atomic E-state index is 13.6. The van der Waals surface area contributed by atoms with E-state index < -0.39 is 34.4 Å². The molecule has 2 aromatic rings. The quantitative estimate of drug-likeness (QED) is 0.533. The first-order valence-electron chi connectivity index (χ1n) is 11.8. The molecule has 0 aromatic heterocycles. The van der Waals surface area contributed by atoms with Gasteiger partial charge in [-0.25, -0.2) is 12.7 Å². The largest absolute Gasteiger partial charge is 0.352 e. The van der Waals surface area contributed by atoms with E-state index in [0.29, 0.717) is 19.9 Å². The molecular formula is C25H27Cl2N3O5S. The lowest BCUT2D eigenvalue weighted by molar-refractivity contribution is -0.141. The predicted octanol–water partition coefficient (Wildman–Crippen LogP) is 4.00. The highest BCUT2D eigenvalue weighted by atomic mass is 35.5. The normalized spacial score (nSPS) is 17.6. The van der Waals surface area contributed by atoms with Crippen LogP contribution in [-0.4, -0.2) is 54.0 Å². The summed E-state index contributed by atoms with van der Waals surface area (Å²) < 4.78 is 26.6. The number of nitrogens with zero attached hydrogens (tertiary/aromatic N) is 2. The highest BCUT2D eigenvalue weighted by Gasteiger charge is 2.43. The molecular weight excluding hydrogens is 525 g/mol. The third-order valence-corrected chi connectivity index (χ3v) is 9.01. The third kappa shape index (κ3) is 5.23. The summed E-state index contributed by atoms with van der Waals surface area (Å²) in [6, 6.07) is 9.79. The van der Waals surface area contributed by atoms with Crippen molar-refractivity contribution in [3.63, 3.8) is 0 Å². The Hall–Kier alpha value is -2.62. The fourth-order valence-corrected chi connectivity index (χ4v) is 6.71. The van der Waals surface area contributed by atoms with E-state index in [4.69, 9.17) is 23.2 Å². The molecule has 0 radical (unpaired) electrons. The van der Waals surface area contributed by atoms with Crippen molar-refractivity contribution in [2.24, 2.45) is 0 Å². The van der Waals surface area contributed by atoms with Gasteiger partial charge in [-0.2, -0.15) is 0 Å². The van der Waals surface area contributed by atoms with E-state index in [2.05, 4.69) is 5.32 Å². The van der Waals surface area contributed by atoms with Crippen molar-refractivity contribution < 1.29 is 22.8 Å². The van der Waals surface area contributed by atoms with Crippen molar-refractivity contribution in [2.75, 3.05) is 6.54 Å². The molecule has 0 saturated heterocycles. The minimum absolute atomic E-state index is 0.0172. The molecule has 11 heteroatoms.